The largest absolute Gasteiger partial charge is 0.481 e. The van der Waals surface area contributed by atoms with Crippen LogP contribution in [0.2, 0.25) is 0 Å². The molecule has 4 heteroatoms. The Morgan fingerprint density at radius 3 is 2.74 bits per heavy atom. The first-order valence-electron chi connectivity index (χ1n) is 6.85. The Kier molecular flexibility index (Phi) is 4.40. The molecule has 0 heterocycles. The Bertz CT molecular complexity index is 455. The lowest BCUT2D eigenvalue weighted by atomic mass is 9.89. The van der Waals surface area contributed by atoms with E-state index in [4.69, 9.17) is 5.73 Å². The summed E-state index contributed by atoms with van der Waals surface area (Å²) in [5.41, 5.74) is 6.55. The summed E-state index contributed by atoms with van der Waals surface area (Å²) < 4.78 is 13.3. The van der Waals surface area contributed by atoms with Crippen molar-refractivity contribution in [1.29, 1.82) is 0 Å². The van der Waals surface area contributed by atoms with Gasteiger partial charge in [0.2, 0.25) is 0 Å². The van der Waals surface area contributed by atoms with Crippen LogP contribution in [0.4, 0.5) is 10.1 Å². The average molecular weight is 265 g/mol. The number of halogens is 1. The van der Waals surface area contributed by atoms with Crippen molar-refractivity contribution in [3.8, 4) is 0 Å². The minimum absolute atomic E-state index is 0.361. The predicted octanol–water partition coefficient (Wildman–Crippen LogP) is 3.55. The van der Waals surface area contributed by atoms with E-state index < -0.39 is 17.7 Å². The Morgan fingerprint density at radius 2 is 2.11 bits per heavy atom. The van der Waals surface area contributed by atoms with Crippen LogP contribution in [0, 0.1) is 11.7 Å². The number of benzene rings is 1. The lowest BCUT2D eigenvalue weighted by Gasteiger charge is -2.17. The first kappa shape index (κ1) is 13.8. The number of carboxylic acid groups (broad SMARTS) is 1. The van der Waals surface area contributed by atoms with Crippen molar-refractivity contribution in [3.05, 3.63) is 29.6 Å². The van der Waals surface area contributed by atoms with Crippen molar-refractivity contribution in [2.45, 2.75) is 44.4 Å². The second-order valence-corrected chi connectivity index (χ2v) is 5.39. The van der Waals surface area contributed by atoms with Crippen LogP contribution in [0.3, 0.4) is 0 Å². The molecule has 1 aromatic carbocycles. The van der Waals surface area contributed by atoms with E-state index in [0.29, 0.717) is 23.6 Å². The SMILES string of the molecule is Nc1ccc(F)cc1C(CCC1CCCC1)C(=O)O. The number of nitrogen functional groups attached to an aromatic ring is 1. The van der Waals surface area contributed by atoms with Gasteiger partial charge < -0.3 is 10.8 Å². The van der Waals surface area contributed by atoms with Gasteiger partial charge in [-0.3, -0.25) is 4.79 Å². The molecule has 1 atom stereocenters. The minimum Gasteiger partial charge on any atom is -0.481 e. The molecule has 3 N–H and O–H groups in total. The van der Waals surface area contributed by atoms with Gasteiger partial charge in [0.05, 0.1) is 5.92 Å². The van der Waals surface area contributed by atoms with Crippen LogP contribution in [-0.4, -0.2) is 11.1 Å². The van der Waals surface area contributed by atoms with E-state index in [0.717, 1.165) is 6.42 Å². The first-order valence-corrected chi connectivity index (χ1v) is 6.85. The van der Waals surface area contributed by atoms with Crippen LogP contribution in [0.5, 0.6) is 0 Å². The molecule has 0 radical (unpaired) electrons. The van der Waals surface area contributed by atoms with Gasteiger partial charge in [0.25, 0.3) is 0 Å². The van der Waals surface area contributed by atoms with Gasteiger partial charge in [-0.2, -0.15) is 0 Å². The maximum Gasteiger partial charge on any atom is 0.311 e. The Balaban J connectivity index is 2.10. The normalized spacial score (nSPS) is 17.5. The van der Waals surface area contributed by atoms with Gasteiger partial charge in [-0.15, -0.1) is 0 Å². The number of aliphatic carboxylic acids is 1. The van der Waals surface area contributed by atoms with Crippen LogP contribution in [0.1, 0.15) is 50.0 Å². The van der Waals surface area contributed by atoms with E-state index in [1.165, 1.54) is 43.9 Å². The second kappa shape index (κ2) is 6.04. The van der Waals surface area contributed by atoms with Gasteiger partial charge in [0.1, 0.15) is 5.82 Å². The molecule has 0 aromatic heterocycles. The zero-order valence-corrected chi connectivity index (χ0v) is 10.9. The summed E-state index contributed by atoms with van der Waals surface area (Å²) in [5, 5.41) is 9.34. The van der Waals surface area contributed by atoms with E-state index in [1.807, 2.05) is 0 Å². The number of hydrogen-bond acceptors (Lipinski definition) is 2. The summed E-state index contributed by atoms with van der Waals surface area (Å²) in [7, 11) is 0. The van der Waals surface area contributed by atoms with Crippen LogP contribution < -0.4 is 5.73 Å². The summed E-state index contributed by atoms with van der Waals surface area (Å²) in [6, 6.07) is 3.95. The molecule has 1 fully saturated rings. The highest BCUT2D eigenvalue weighted by Gasteiger charge is 2.25. The topological polar surface area (TPSA) is 63.3 Å². The van der Waals surface area contributed by atoms with E-state index in [1.54, 1.807) is 0 Å². The molecule has 1 aliphatic rings. The van der Waals surface area contributed by atoms with Crippen LogP contribution in [0.25, 0.3) is 0 Å². The van der Waals surface area contributed by atoms with Crippen LogP contribution >= 0.6 is 0 Å². The van der Waals surface area contributed by atoms with E-state index in [-0.39, 0.29) is 0 Å². The fraction of sp³-hybridized carbons (Fsp3) is 0.533. The second-order valence-electron chi connectivity index (χ2n) is 5.39. The van der Waals surface area contributed by atoms with E-state index in [9.17, 15) is 14.3 Å². The van der Waals surface area contributed by atoms with Gasteiger partial charge in [-0.1, -0.05) is 25.7 Å². The van der Waals surface area contributed by atoms with Crippen molar-refractivity contribution < 1.29 is 14.3 Å². The number of carbonyl (C=O) groups is 1. The molecule has 0 amide bonds. The molecule has 1 aliphatic carbocycles. The molecule has 0 bridgehead atoms. The van der Waals surface area contributed by atoms with Crippen LogP contribution in [-0.2, 0) is 4.79 Å². The quantitative estimate of drug-likeness (QED) is 0.800. The number of carboxylic acids is 1. The molecule has 104 valence electrons. The molecule has 2 rings (SSSR count). The van der Waals surface area contributed by atoms with E-state index >= 15 is 0 Å². The van der Waals surface area contributed by atoms with Crippen molar-refractivity contribution in [2.75, 3.05) is 5.73 Å². The highest BCUT2D eigenvalue weighted by atomic mass is 19.1. The maximum atomic E-state index is 13.3. The maximum absolute atomic E-state index is 13.3. The molecule has 1 aromatic rings. The third kappa shape index (κ3) is 3.46. The average Bonchev–Trinajstić information content (AvgIpc) is 2.86. The van der Waals surface area contributed by atoms with Crippen molar-refractivity contribution in [3.63, 3.8) is 0 Å². The molecule has 0 saturated heterocycles. The lowest BCUT2D eigenvalue weighted by molar-refractivity contribution is -0.139. The third-order valence-electron chi connectivity index (χ3n) is 4.06. The molecular weight excluding hydrogens is 245 g/mol. The number of nitrogens with two attached hydrogens (primary N) is 1. The molecular formula is C15H20FNO2. The number of anilines is 1. The van der Waals surface area contributed by atoms with Gasteiger partial charge in [-0.05, 0) is 42.5 Å². The van der Waals surface area contributed by atoms with Crippen LogP contribution in [0.15, 0.2) is 18.2 Å². The minimum atomic E-state index is -0.921. The third-order valence-corrected chi connectivity index (χ3v) is 4.06. The Morgan fingerprint density at radius 1 is 1.42 bits per heavy atom. The summed E-state index contributed by atoms with van der Waals surface area (Å²) in [6.45, 7) is 0. The summed E-state index contributed by atoms with van der Waals surface area (Å²) >= 11 is 0. The fourth-order valence-electron chi connectivity index (χ4n) is 2.96. The predicted molar refractivity (Wildman–Crippen MR) is 72.4 cm³/mol. The molecule has 1 unspecified atom stereocenters. The summed E-state index contributed by atoms with van der Waals surface area (Å²) in [6.07, 6.45) is 6.27. The molecule has 1 saturated carbocycles. The number of rotatable bonds is 5. The smallest absolute Gasteiger partial charge is 0.311 e. The van der Waals surface area contributed by atoms with Gasteiger partial charge in [0, 0.05) is 5.69 Å². The van der Waals surface area contributed by atoms with Crippen molar-refractivity contribution >= 4 is 11.7 Å². The fourth-order valence-corrected chi connectivity index (χ4v) is 2.96. The summed E-state index contributed by atoms with van der Waals surface area (Å²) in [5.74, 6) is -1.43. The van der Waals surface area contributed by atoms with E-state index in [2.05, 4.69) is 0 Å². The molecule has 19 heavy (non-hydrogen) atoms. The van der Waals surface area contributed by atoms with Gasteiger partial charge in [-0.25, -0.2) is 4.39 Å². The summed E-state index contributed by atoms with van der Waals surface area (Å²) in [4.78, 5) is 11.4. The number of hydrogen-bond donors (Lipinski definition) is 2. The Labute approximate surface area is 112 Å². The molecule has 0 aliphatic heterocycles. The molecule has 3 nitrogen and oxygen atoms in total. The highest BCUT2D eigenvalue weighted by Crippen LogP contribution is 2.34. The standard InChI is InChI=1S/C15H20FNO2/c16-11-6-8-14(17)13(9-11)12(15(18)19)7-5-10-3-1-2-4-10/h6,8-10,12H,1-5,7,17H2,(H,18,19). The van der Waals surface area contributed by atoms with Crippen molar-refractivity contribution in [1.82, 2.24) is 0 Å². The Hall–Kier alpha value is -1.58. The van der Waals surface area contributed by atoms with Gasteiger partial charge >= 0.3 is 5.97 Å². The zero-order chi connectivity index (χ0) is 13.8. The first-order chi connectivity index (χ1) is 9.08. The monoisotopic (exact) mass is 265 g/mol. The van der Waals surface area contributed by atoms with Crippen molar-refractivity contribution in [2.24, 2.45) is 5.92 Å². The van der Waals surface area contributed by atoms with Gasteiger partial charge in [0.15, 0.2) is 0 Å². The highest BCUT2D eigenvalue weighted by molar-refractivity contribution is 5.78. The molecule has 0 spiro atoms. The zero-order valence-electron chi connectivity index (χ0n) is 10.9. The lowest BCUT2D eigenvalue weighted by Crippen LogP contribution is -2.15.